The van der Waals surface area contributed by atoms with E-state index in [1.165, 1.54) is 13.8 Å². The molecule has 10 atom stereocenters. The third-order valence-corrected chi connectivity index (χ3v) is 8.93. The predicted octanol–water partition coefficient (Wildman–Crippen LogP) is -5.59. The molecule has 2 heterocycles. The second-order valence-electron chi connectivity index (χ2n) is 13.8. The molecule has 10 N–H and O–H groups in total. The highest BCUT2D eigenvalue weighted by molar-refractivity contribution is 5.76. The van der Waals surface area contributed by atoms with Gasteiger partial charge in [-0.25, -0.2) is 0 Å². The molecule has 2 fully saturated rings. The van der Waals surface area contributed by atoms with Crippen LogP contribution in [0.15, 0.2) is 0 Å². The molecule has 0 aromatic rings. The van der Waals surface area contributed by atoms with E-state index in [-0.39, 0.29) is 104 Å². The van der Waals surface area contributed by atoms with E-state index in [9.17, 15) is 49.8 Å². The summed E-state index contributed by atoms with van der Waals surface area (Å²) in [6.45, 7) is 5.30. The van der Waals surface area contributed by atoms with E-state index in [2.05, 4.69) is 21.3 Å². The fourth-order valence-corrected chi connectivity index (χ4v) is 5.82. The molecular formula is C37H68N4O20. The topological polar surface area (TPSA) is 330 Å². The normalized spacial score (nSPS) is 26.4. The fraction of sp³-hybridized carbons (Fsp3) is 0.892. The lowest BCUT2D eigenvalue weighted by atomic mass is 9.97. The van der Waals surface area contributed by atoms with Crippen LogP contribution in [0.25, 0.3) is 0 Å². The first-order chi connectivity index (χ1) is 29.4. The van der Waals surface area contributed by atoms with Gasteiger partial charge in [0.05, 0.1) is 92.5 Å². The van der Waals surface area contributed by atoms with Gasteiger partial charge >= 0.3 is 0 Å². The number of ether oxygens (including phenoxy) is 10. The maximum absolute atomic E-state index is 12.0. The minimum absolute atomic E-state index is 0.0482. The van der Waals surface area contributed by atoms with Crippen LogP contribution in [0, 0.1) is 0 Å². The number of carbonyl (C=O) groups is 4. The largest absolute Gasteiger partial charge is 0.394 e. The van der Waals surface area contributed by atoms with Crippen LogP contribution in [0.2, 0.25) is 0 Å². The number of aliphatic hydroxyl groups is 6. The highest BCUT2D eigenvalue weighted by atomic mass is 16.7. The molecule has 0 saturated carbocycles. The number of hydrogen-bond donors (Lipinski definition) is 10. The minimum Gasteiger partial charge on any atom is -0.394 e. The van der Waals surface area contributed by atoms with E-state index >= 15 is 0 Å². The van der Waals surface area contributed by atoms with Gasteiger partial charge in [-0.05, 0) is 6.42 Å². The van der Waals surface area contributed by atoms with E-state index in [0.29, 0.717) is 32.7 Å². The van der Waals surface area contributed by atoms with Crippen molar-refractivity contribution >= 4 is 23.6 Å². The highest BCUT2D eigenvalue weighted by Gasteiger charge is 2.46. The lowest BCUT2D eigenvalue weighted by Crippen LogP contribution is -2.64. The fourth-order valence-electron chi connectivity index (χ4n) is 5.82. The summed E-state index contributed by atoms with van der Waals surface area (Å²) in [6.07, 6.45) is -8.94. The Morgan fingerprint density at radius 2 is 0.820 bits per heavy atom. The molecule has 2 aliphatic rings. The van der Waals surface area contributed by atoms with Gasteiger partial charge in [0.25, 0.3) is 0 Å². The third kappa shape index (κ3) is 22.9. The van der Waals surface area contributed by atoms with Crippen molar-refractivity contribution in [3.8, 4) is 0 Å². The van der Waals surface area contributed by atoms with Crippen LogP contribution >= 0.6 is 0 Å². The van der Waals surface area contributed by atoms with E-state index < -0.39 is 86.3 Å². The Kier molecular flexibility index (Phi) is 29.3. The zero-order chi connectivity index (χ0) is 44.8. The smallest absolute Gasteiger partial charge is 0.222 e. The van der Waals surface area contributed by atoms with Crippen molar-refractivity contribution in [3.63, 3.8) is 0 Å². The van der Waals surface area contributed by atoms with Gasteiger partial charge in [-0.3, -0.25) is 19.2 Å². The van der Waals surface area contributed by atoms with Crippen molar-refractivity contribution in [1.82, 2.24) is 21.3 Å². The first-order valence-corrected chi connectivity index (χ1v) is 20.4. The summed E-state index contributed by atoms with van der Waals surface area (Å²) >= 11 is 0. The van der Waals surface area contributed by atoms with Crippen LogP contribution in [0.5, 0.6) is 0 Å². The summed E-state index contributed by atoms with van der Waals surface area (Å²) in [5.41, 5.74) is 0. The molecule has 0 aromatic carbocycles. The van der Waals surface area contributed by atoms with Gasteiger partial charge in [-0.1, -0.05) is 0 Å². The van der Waals surface area contributed by atoms with E-state index in [1.807, 2.05) is 0 Å². The first kappa shape index (κ1) is 54.4. The summed E-state index contributed by atoms with van der Waals surface area (Å²) in [7, 11) is 0. The monoisotopic (exact) mass is 888 g/mol. The van der Waals surface area contributed by atoms with E-state index in [0.717, 1.165) is 0 Å². The van der Waals surface area contributed by atoms with Crippen molar-refractivity contribution in [2.24, 2.45) is 0 Å². The maximum atomic E-state index is 12.0. The second-order valence-corrected chi connectivity index (χ2v) is 13.8. The third-order valence-electron chi connectivity index (χ3n) is 8.93. The molecule has 24 nitrogen and oxygen atoms in total. The Morgan fingerprint density at radius 3 is 1.18 bits per heavy atom. The molecular weight excluding hydrogens is 820 g/mol. The first-order valence-electron chi connectivity index (χ1n) is 20.4. The number of hydrogen-bond acceptors (Lipinski definition) is 20. The van der Waals surface area contributed by atoms with Crippen LogP contribution < -0.4 is 21.3 Å². The van der Waals surface area contributed by atoms with Gasteiger partial charge in [0.15, 0.2) is 12.6 Å². The van der Waals surface area contributed by atoms with Gasteiger partial charge in [0, 0.05) is 53.0 Å². The Bertz CT molecular complexity index is 1120. The predicted molar refractivity (Wildman–Crippen MR) is 207 cm³/mol. The second kappa shape index (κ2) is 32.8. The molecule has 2 saturated heterocycles. The molecule has 4 amide bonds. The SMILES string of the molecule is CC(=O)N[C@@H]1C(OCCOCCOCCNC(=O)CCOCCCOCCC(=O)NCCOCCOCCOC2OC(CO)[C@H](O)[C@H](O)[C@@H]2NC(C)=O)OC(CO)[C@H](O)[C@@H]1O. The van der Waals surface area contributed by atoms with Gasteiger partial charge < -0.3 is 99.3 Å². The molecule has 0 aromatic heterocycles. The number of nitrogens with one attached hydrogen (secondary N) is 4. The minimum atomic E-state index is -1.39. The quantitative estimate of drug-likeness (QED) is 0.0269. The summed E-state index contributed by atoms with van der Waals surface area (Å²) < 4.78 is 54.7. The Morgan fingerprint density at radius 1 is 0.475 bits per heavy atom. The van der Waals surface area contributed by atoms with Gasteiger partial charge in [0.1, 0.15) is 48.7 Å². The highest BCUT2D eigenvalue weighted by Crippen LogP contribution is 2.23. The molecule has 356 valence electrons. The Labute approximate surface area is 355 Å². The summed E-state index contributed by atoms with van der Waals surface area (Å²) in [4.78, 5) is 46.9. The summed E-state index contributed by atoms with van der Waals surface area (Å²) in [6, 6.07) is -2.05. The van der Waals surface area contributed by atoms with Gasteiger partial charge in [0.2, 0.25) is 23.6 Å². The number of amides is 4. The molecule has 0 bridgehead atoms. The summed E-state index contributed by atoms with van der Waals surface area (Å²) in [5.74, 6) is -1.26. The van der Waals surface area contributed by atoms with Crippen LogP contribution in [0.4, 0.5) is 0 Å². The van der Waals surface area contributed by atoms with Crippen LogP contribution in [0.1, 0.15) is 33.1 Å². The van der Waals surface area contributed by atoms with Crippen molar-refractivity contribution in [2.75, 3.05) is 119 Å². The zero-order valence-corrected chi connectivity index (χ0v) is 35.0. The Hall–Kier alpha value is -2.76. The maximum Gasteiger partial charge on any atom is 0.222 e. The number of aliphatic hydroxyl groups excluding tert-OH is 6. The van der Waals surface area contributed by atoms with Crippen molar-refractivity contribution in [2.45, 2.75) is 94.4 Å². The number of carbonyl (C=O) groups excluding carboxylic acids is 4. The number of rotatable bonds is 34. The van der Waals surface area contributed by atoms with Crippen LogP contribution in [-0.2, 0) is 66.5 Å². The van der Waals surface area contributed by atoms with Crippen molar-refractivity contribution in [3.05, 3.63) is 0 Å². The standard InChI is InChI=1S/C37H68N4O20/c1-24(44)40-30-34(50)32(48)26(22-42)60-36(30)58-20-18-56-16-14-54-12-6-38-28(46)4-10-52-8-3-9-53-11-5-29(47)39-7-13-55-15-17-57-19-21-59-37-31(41-25(2)45)35(51)33(49)27(23-43)61-37/h26-27,30-37,42-43,48-51H,3-23H2,1-2H3,(H,38,46)(H,39,47)(H,40,44)(H,41,45)/t26?,27?,30-,31-,32-,33-,34+,35+,36?,37?/m0/s1. The molecule has 4 unspecified atom stereocenters. The van der Waals surface area contributed by atoms with E-state index in [1.54, 1.807) is 0 Å². The molecule has 2 aliphatic heterocycles. The average Bonchev–Trinajstić information content (AvgIpc) is 3.23. The lowest BCUT2D eigenvalue weighted by Gasteiger charge is -2.42. The average molecular weight is 889 g/mol. The van der Waals surface area contributed by atoms with Crippen LogP contribution in [-0.4, -0.2) is 234 Å². The Balaban J connectivity index is 1.32. The van der Waals surface area contributed by atoms with Gasteiger partial charge in [-0.2, -0.15) is 0 Å². The molecule has 0 radical (unpaired) electrons. The molecule has 24 heteroatoms. The molecule has 0 aliphatic carbocycles. The lowest BCUT2D eigenvalue weighted by molar-refractivity contribution is -0.272. The van der Waals surface area contributed by atoms with Crippen molar-refractivity contribution in [1.29, 1.82) is 0 Å². The molecule has 0 spiro atoms. The van der Waals surface area contributed by atoms with Crippen LogP contribution in [0.3, 0.4) is 0 Å². The van der Waals surface area contributed by atoms with Gasteiger partial charge in [-0.15, -0.1) is 0 Å². The zero-order valence-electron chi connectivity index (χ0n) is 35.0. The van der Waals surface area contributed by atoms with Crippen molar-refractivity contribution < 1.29 is 97.2 Å². The molecule has 61 heavy (non-hydrogen) atoms. The van der Waals surface area contributed by atoms with E-state index in [4.69, 9.17) is 47.4 Å². The molecule has 2 rings (SSSR count). The summed E-state index contributed by atoms with van der Waals surface area (Å²) in [5, 5.41) is 69.8.